The highest BCUT2D eigenvalue weighted by atomic mass is 28.4. The molecule has 6 nitrogen and oxygen atoms in total. The number of benzene rings is 3. The minimum atomic E-state index is -2.91. The van der Waals surface area contributed by atoms with Crippen molar-refractivity contribution in [3.05, 3.63) is 95.6 Å². The van der Waals surface area contributed by atoms with Crippen molar-refractivity contribution < 1.29 is 27.5 Å². The van der Waals surface area contributed by atoms with Gasteiger partial charge < -0.3 is 27.5 Å². The van der Waals surface area contributed by atoms with E-state index in [9.17, 15) is 0 Å². The topological polar surface area (TPSA) is 55.4 Å². The van der Waals surface area contributed by atoms with Gasteiger partial charge >= 0.3 is 8.80 Å². The van der Waals surface area contributed by atoms with Crippen LogP contribution in [0.4, 0.5) is 0 Å². The summed E-state index contributed by atoms with van der Waals surface area (Å²) in [5, 5.41) is 0. The zero-order chi connectivity index (χ0) is 23.9. The van der Waals surface area contributed by atoms with Crippen molar-refractivity contribution in [2.75, 3.05) is 26.1 Å². The van der Waals surface area contributed by atoms with Crippen LogP contribution in [0.25, 0.3) is 0 Å². The molecule has 0 N–H and O–H groups in total. The second kappa shape index (κ2) is 11.2. The third-order valence-corrected chi connectivity index (χ3v) is 8.22. The molecule has 3 aromatic carbocycles. The van der Waals surface area contributed by atoms with Gasteiger partial charge in [-0.05, 0) is 39.0 Å². The predicted molar refractivity (Wildman–Crippen MR) is 132 cm³/mol. The average Bonchev–Trinajstić information content (AvgIpc) is 2.88. The van der Waals surface area contributed by atoms with Gasteiger partial charge in [-0.25, -0.2) is 0 Å². The molecule has 0 amide bonds. The SMILES string of the molecule is CCO[Si](COc1ccc2c(c1)COC(c1ccccc1)(c1ccccc1)O2)(OCC)OCC. The third-order valence-electron chi connectivity index (χ3n) is 5.53. The molecular weight excluding hydrogens is 448 g/mol. The summed E-state index contributed by atoms with van der Waals surface area (Å²) in [6.45, 7) is 7.67. The van der Waals surface area contributed by atoms with Gasteiger partial charge in [0.05, 0.1) is 6.61 Å². The molecule has 0 spiro atoms. The van der Waals surface area contributed by atoms with Crippen molar-refractivity contribution in [1.29, 1.82) is 0 Å². The Morgan fingerprint density at radius 1 is 0.765 bits per heavy atom. The molecule has 1 heterocycles. The van der Waals surface area contributed by atoms with E-state index in [-0.39, 0.29) is 6.23 Å². The number of hydrogen-bond donors (Lipinski definition) is 0. The minimum absolute atomic E-state index is 0.237. The second-order valence-electron chi connectivity index (χ2n) is 7.78. The van der Waals surface area contributed by atoms with E-state index < -0.39 is 14.6 Å². The Morgan fingerprint density at radius 3 is 1.85 bits per heavy atom. The van der Waals surface area contributed by atoms with E-state index in [0.29, 0.717) is 32.2 Å². The molecule has 1 aliphatic rings. The van der Waals surface area contributed by atoms with Gasteiger partial charge in [0, 0.05) is 36.5 Å². The van der Waals surface area contributed by atoms with Gasteiger partial charge in [-0.15, -0.1) is 0 Å². The van der Waals surface area contributed by atoms with Crippen LogP contribution in [0.15, 0.2) is 78.9 Å². The predicted octanol–water partition coefficient (Wildman–Crippen LogP) is 5.46. The highest BCUT2D eigenvalue weighted by molar-refractivity contribution is 6.60. The first kappa shape index (κ1) is 24.4. The molecule has 34 heavy (non-hydrogen) atoms. The lowest BCUT2D eigenvalue weighted by Gasteiger charge is -2.39. The summed E-state index contributed by atoms with van der Waals surface area (Å²) >= 11 is 0. The smallest absolute Gasteiger partial charge is 0.489 e. The first-order valence-electron chi connectivity index (χ1n) is 11.8. The molecule has 0 atom stereocenters. The summed E-state index contributed by atoms with van der Waals surface area (Å²) < 4.78 is 36.8. The van der Waals surface area contributed by atoms with Crippen molar-refractivity contribution in [2.24, 2.45) is 0 Å². The fourth-order valence-corrected chi connectivity index (χ4v) is 6.23. The third kappa shape index (κ3) is 5.19. The lowest BCUT2D eigenvalue weighted by molar-refractivity contribution is -0.184. The first-order valence-corrected chi connectivity index (χ1v) is 13.7. The Bertz CT molecular complexity index is 987. The standard InChI is InChI=1S/C27H32O6Si/c1-4-30-34(31-5-2,32-6-3)21-28-25-17-18-26-22(19-25)20-29-27(33-26,23-13-9-7-10-14-23)24-15-11-8-12-16-24/h7-19H,4-6,20-21H2,1-3H3. The molecule has 0 saturated heterocycles. The summed E-state index contributed by atoms with van der Waals surface area (Å²) in [4.78, 5) is 0. The number of hydrogen-bond acceptors (Lipinski definition) is 6. The van der Waals surface area contributed by atoms with Gasteiger partial charge in [0.2, 0.25) is 0 Å². The van der Waals surface area contributed by atoms with Crippen LogP contribution in [0, 0.1) is 0 Å². The van der Waals surface area contributed by atoms with E-state index in [1.807, 2.05) is 99.6 Å². The number of rotatable bonds is 11. The van der Waals surface area contributed by atoms with Crippen LogP contribution in [-0.4, -0.2) is 34.9 Å². The van der Waals surface area contributed by atoms with E-state index in [4.69, 9.17) is 27.5 Å². The number of fused-ring (bicyclic) bond motifs is 1. The van der Waals surface area contributed by atoms with Crippen LogP contribution >= 0.6 is 0 Å². The molecule has 0 radical (unpaired) electrons. The van der Waals surface area contributed by atoms with Crippen molar-refractivity contribution in [3.63, 3.8) is 0 Å². The average molecular weight is 481 g/mol. The van der Waals surface area contributed by atoms with Gasteiger partial charge in [-0.1, -0.05) is 60.7 Å². The summed E-state index contributed by atoms with van der Waals surface area (Å²) in [5.74, 6) is 0.432. The Morgan fingerprint density at radius 2 is 1.32 bits per heavy atom. The molecule has 0 bridgehead atoms. The zero-order valence-electron chi connectivity index (χ0n) is 20.0. The van der Waals surface area contributed by atoms with Gasteiger partial charge in [0.1, 0.15) is 11.5 Å². The lowest BCUT2D eigenvalue weighted by Crippen LogP contribution is -2.51. The highest BCUT2D eigenvalue weighted by Crippen LogP contribution is 2.43. The van der Waals surface area contributed by atoms with Crippen LogP contribution in [0.1, 0.15) is 37.5 Å². The van der Waals surface area contributed by atoms with Crippen LogP contribution in [0.3, 0.4) is 0 Å². The van der Waals surface area contributed by atoms with Crippen LogP contribution in [0.2, 0.25) is 0 Å². The molecule has 4 rings (SSSR count). The molecule has 0 unspecified atom stereocenters. The Balaban J connectivity index is 1.58. The molecule has 1 aliphatic heterocycles. The molecule has 7 heteroatoms. The fourth-order valence-electron chi connectivity index (χ4n) is 4.07. The second-order valence-corrected chi connectivity index (χ2v) is 10.3. The lowest BCUT2D eigenvalue weighted by atomic mass is 9.95. The maximum absolute atomic E-state index is 6.56. The van der Waals surface area contributed by atoms with Gasteiger partial charge in [-0.3, -0.25) is 0 Å². The van der Waals surface area contributed by atoms with Crippen molar-refractivity contribution in [1.82, 2.24) is 0 Å². The van der Waals surface area contributed by atoms with Crippen LogP contribution in [0.5, 0.6) is 11.5 Å². The van der Waals surface area contributed by atoms with Gasteiger partial charge in [0.15, 0.2) is 6.23 Å². The van der Waals surface area contributed by atoms with E-state index in [1.54, 1.807) is 0 Å². The Labute approximate surface area is 202 Å². The molecular formula is C27H32O6Si. The van der Waals surface area contributed by atoms with Crippen molar-refractivity contribution >= 4 is 8.80 Å². The van der Waals surface area contributed by atoms with E-state index in [0.717, 1.165) is 22.4 Å². The highest BCUT2D eigenvalue weighted by Gasteiger charge is 2.43. The summed E-state index contributed by atoms with van der Waals surface area (Å²) in [6, 6.07) is 25.8. The largest absolute Gasteiger partial charge is 0.540 e. The minimum Gasteiger partial charge on any atom is -0.489 e. The molecule has 0 aromatic heterocycles. The molecule has 3 aromatic rings. The quantitative estimate of drug-likeness (QED) is 0.340. The summed E-state index contributed by atoms with van der Waals surface area (Å²) in [5.41, 5.74) is 2.79. The van der Waals surface area contributed by atoms with Crippen LogP contribution in [-0.2, 0) is 30.4 Å². The number of ether oxygens (including phenoxy) is 3. The van der Waals surface area contributed by atoms with Crippen LogP contribution < -0.4 is 9.47 Å². The van der Waals surface area contributed by atoms with E-state index in [2.05, 4.69) is 0 Å². The Kier molecular flexibility index (Phi) is 8.02. The fraction of sp³-hybridized carbons (Fsp3) is 0.333. The first-order chi connectivity index (χ1) is 16.6. The van der Waals surface area contributed by atoms with E-state index >= 15 is 0 Å². The van der Waals surface area contributed by atoms with Crippen molar-refractivity contribution in [3.8, 4) is 11.5 Å². The monoisotopic (exact) mass is 480 g/mol. The summed E-state index contributed by atoms with van der Waals surface area (Å²) in [7, 11) is -2.91. The maximum Gasteiger partial charge on any atom is 0.540 e. The maximum atomic E-state index is 6.56. The molecule has 180 valence electrons. The molecule has 0 aliphatic carbocycles. The molecule has 0 fully saturated rings. The molecule has 0 saturated carbocycles. The van der Waals surface area contributed by atoms with E-state index in [1.165, 1.54) is 0 Å². The van der Waals surface area contributed by atoms with Gasteiger partial charge in [0.25, 0.3) is 5.79 Å². The van der Waals surface area contributed by atoms with Crippen molar-refractivity contribution in [2.45, 2.75) is 33.2 Å². The summed E-state index contributed by atoms with van der Waals surface area (Å²) in [6.07, 6.45) is 0.237. The normalized spacial score (nSPS) is 14.8. The Hall–Kier alpha value is -2.68. The van der Waals surface area contributed by atoms with Gasteiger partial charge in [-0.2, -0.15) is 0 Å². The zero-order valence-corrected chi connectivity index (χ0v) is 21.0.